The Hall–Kier alpha value is -2.30. The molecule has 142 valence electrons. The third-order valence-corrected chi connectivity index (χ3v) is 3.78. The van der Waals surface area contributed by atoms with E-state index in [1.807, 2.05) is 58.0 Å². The normalized spacial score (nSPS) is 12.3. The minimum Gasteiger partial charge on any atom is -0.491 e. The summed E-state index contributed by atoms with van der Waals surface area (Å²) >= 11 is 0. The van der Waals surface area contributed by atoms with Crippen LogP contribution in [0.2, 0.25) is 0 Å². The number of halogens is 2. The molecule has 0 radical (unpaired) electrons. The van der Waals surface area contributed by atoms with E-state index in [0.29, 0.717) is 12.2 Å². The summed E-state index contributed by atoms with van der Waals surface area (Å²) in [6.45, 7) is 4.81. The molecule has 2 rings (SSSR count). The summed E-state index contributed by atoms with van der Waals surface area (Å²) in [4.78, 5) is 0. The van der Waals surface area contributed by atoms with Gasteiger partial charge in [0, 0.05) is 0 Å². The molecule has 0 N–H and O–H groups in total. The summed E-state index contributed by atoms with van der Waals surface area (Å²) in [7, 11) is 0. The van der Waals surface area contributed by atoms with E-state index in [2.05, 4.69) is 4.74 Å². The number of rotatable bonds is 9. The van der Waals surface area contributed by atoms with Gasteiger partial charge in [0.1, 0.15) is 5.75 Å². The van der Waals surface area contributed by atoms with E-state index in [0.717, 1.165) is 17.7 Å². The van der Waals surface area contributed by atoms with Crippen molar-refractivity contribution in [3.8, 4) is 17.2 Å². The van der Waals surface area contributed by atoms with Gasteiger partial charge in [-0.1, -0.05) is 23.8 Å². The van der Waals surface area contributed by atoms with E-state index < -0.39 is 6.61 Å². The second-order valence-corrected chi connectivity index (χ2v) is 6.61. The number of aryl methyl sites for hydroxylation is 2. The van der Waals surface area contributed by atoms with Crippen molar-refractivity contribution in [3.63, 3.8) is 0 Å². The van der Waals surface area contributed by atoms with Crippen LogP contribution in [0.15, 0.2) is 42.5 Å². The van der Waals surface area contributed by atoms with E-state index in [1.165, 1.54) is 5.56 Å². The van der Waals surface area contributed by atoms with E-state index in [-0.39, 0.29) is 18.0 Å². The summed E-state index contributed by atoms with van der Waals surface area (Å²) in [5.41, 5.74) is 2.08. The molecule has 3 nitrogen and oxygen atoms in total. The first-order valence-electron chi connectivity index (χ1n) is 8.81. The predicted octanol–water partition coefficient (Wildman–Crippen LogP) is 5.78. The van der Waals surface area contributed by atoms with E-state index in [1.54, 1.807) is 12.1 Å². The lowest BCUT2D eigenvalue weighted by Crippen LogP contribution is -2.13. The van der Waals surface area contributed by atoms with Crippen LogP contribution in [0.25, 0.3) is 0 Å². The Morgan fingerprint density at radius 2 is 1.54 bits per heavy atom. The molecule has 5 heteroatoms. The average molecular weight is 364 g/mol. The Bertz CT molecular complexity index is 684. The van der Waals surface area contributed by atoms with Gasteiger partial charge >= 0.3 is 6.61 Å². The summed E-state index contributed by atoms with van der Waals surface area (Å²) in [6, 6.07) is 13.1. The summed E-state index contributed by atoms with van der Waals surface area (Å²) in [5, 5.41) is 0. The van der Waals surface area contributed by atoms with E-state index in [4.69, 9.17) is 9.47 Å². The smallest absolute Gasteiger partial charge is 0.387 e. The monoisotopic (exact) mass is 364 g/mol. The summed E-state index contributed by atoms with van der Waals surface area (Å²) in [6.07, 6.45) is 1.33. The highest BCUT2D eigenvalue weighted by atomic mass is 19.3. The van der Waals surface area contributed by atoms with Crippen molar-refractivity contribution in [2.45, 2.75) is 59.4 Å². The van der Waals surface area contributed by atoms with Gasteiger partial charge in [0.05, 0.1) is 12.2 Å². The quantitative estimate of drug-likeness (QED) is 0.564. The molecule has 0 amide bonds. The van der Waals surface area contributed by atoms with Gasteiger partial charge in [-0.05, 0) is 70.4 Å². The maximum Gasteiger partial charge on any atom is 0.387 e. The average Bonchev–Trinajstić information content (AvgIpc) is 2.56. The molecule has 0 saturated heterocycles. The topological polar surface area (TPSA) is 27.7 Å². The van der Waals surface area contributed by atoms with Crippen LogP contribution in [-0.4, -0.2) is 18.8 Å². The first-order chi connectivity index (χ1) is 12.3. The zero-order valence-electron chi connectivity index (χ0n) is 15.7. The van der Waals surface area contributed by atoms with Crippen LogP contribution in [0.4, 0.5) is 8.78 Å². The highest BCUT2D eigenvalue weighted by Crippen LogP contribution is 2.31. The lowest BCUT2D eigenvalue weighted by atomic mass is 10.1. The highest BCUT2D eigenvalue weighted by Gasteiger charge is 2.14. The molecule has 0 aliphatic rings. The van der Waals surface area contributed by atoms with Crippen molar-refractivity contribution in [1.82, 2.24) is 0 Å². The molecule has 26 heavy (non-hydrogen) atoms. The van der Waals surface area contributed by atoms with Gasteiger partial charge in [0.25, 0.3) is 0 Å². The second kappa shape index (κ2) is 9.41. The van der Waals surface area contributed by atoms with Crippen molar-refractivity contribution in [2.75, 3.05) is 0 Å². The molecular weight excluding hydrogens is 338 g/mol. The molecule has 0 heterocycles. The van der Waals surface area contributed by atoms with Crippen LogP contribution in [0.3, 0.4) is 0 Å². The summed E-state index contributed by atoms with van der Waals surface area (Å²) in [5.74, 6) is 1.22. The molecule has 2 aromatic rings. The van der Waals surface area contributed by atoms with Crippen LogP contribution in [0, 0.1) is 6.92 Å². The first kappa shape index (κ1) is 20.0. The van der Waals surface area contributed by atoms with Gasteiger partial charge in [-0.15, -0.1) is 0 Å². The van der Waals surface area contributed by atoms with Crippen LogP contribution >= 0.6 is 0 Å². The van der Waals surface area contributed by atoms with Crippen LogP contribution in [0.1, 0.15) is 38.3 Å². The second-order valence-electron chi connectivity index (χ2n) is 6.61. The third-order valence-electron chi connectivity index (χ3n) is 3.78. The number of ether oxygens (including phenoxy) is 3. The molecule has 0 saturated carbocycles. The van der Waals surface area contributed by atoms with Crippen LogP contribution in [-0.2, 0) is 6.42 Å². The minimum absolute atomic E-state index is 0.00349. The molecular formula is C21H26F2O3. The molecule has 2 aromatic carbocycles. The van der Waals surface area contributed by atoms with Crippen LogP contribution < -0.4 is 14.2 Å². The van der Waals surface area contributed by atoms with Crippen LogP contribution in [0.5, 0.6) is 17.2 Å². The van der Waals surface area contributed by atoms with E-state index >= 15 is 0 Å². The van der Waals surface area contributed by atoms with Gasteiger partial charge in [-0.25, -0.2) is 0 Å². The molecule has 0 spiro atoms. The number of alkyl halides is 2. The van der Waals surface area contributed by atoms with Crippen molar-refractivity contribution in [2.24, 2.45) is 0 Å². The number of hydrogen-bond donors (Lipinski definition) is 0. The Morgan fingerprint density at radius 1 is 0.846 bits per heavy atom. The van der Waals surface area contributed by atoms with Crippen molar-refractivity contribution in [1.29, 1.82) is 0 Å². The largest absolute Gasteiger partial charge is 0.491 e. The first-order valence-corrected chi connectivity index (χ1v) is 8.81. The number of benzene rings is 2. The standard InChI is InChI=1S/C21H26F2O3/c1-14(2)24-19-12-9-17(13-20(19)26-21(22)23)8-7-16(4)25-18-10-5-15(3)6-11-18/h5-6,9-14,16,21H,7-8H2,1-4H3. The maximum atomic E-state index is 12.7. The Morgan fingerprint density at radius 3 is 2.15 bits per heavy atom. The highest BCUT2D eigenvalue weighted by molar-refractivity contribution is 5.43. The van der Waals surface area contributed by atoms with E-state index in [9.17, 15) is 8.78 Å². The Balaban J connectivity index is 1.98. The van der Waals surface area contributed by atoms with Gasteiger partial charge < -0.3 is 14.2 Å². The molecule has 0 aliphatic carbocycles. The lowest BCUT2D eigenvalue weighted by Gasteiger charge is -2.17. The SMILES string of the molecule is Cc1ccc(OC(C)CCc2ccc(OC(C)C)c(OC(F)F)c2)cc1. The molecule has 1 unspecified atom stereocenters. The van der Waals surface area contributed by atoms with Crippen molar-refractivity contribution in [3.05, 3.63) is 53.6 Å². The molecule has 1 atom stereocenters. The van der Waals surface area contributed by atoms with Crippen molar-refractivity contribution >= 4 is 0 Å². The third kappa shape index (κ3) is 6.54. The minimum atomic E-state index is -2.89. The van der Waals surface area contributed by atoms with Gasteiger partial charge in [0.2, 0.25) is 0 Å². The van der Waals surface area contributed by atoms with Gasteiger partial charge in [0.15, 0.2) is 11.5 Å². The van der Waals surface area contributed by atoms with Gasteiger partial charge in [-0.3, -0.25) is 0 Å². The van der Waals surface area contributed by atoms with Gasteiger partial charge in [-0.2, -0.15) is 8.78 Å². The molecule has 0 bridgehead atoms. The lowest BCUT2D eigenvalue weighted by molar-refractivity contribution is -0.0519. The summed E-state index contributed by atoms with van der Waals surface area (Å²) < 4.78 is 41.3. The fourth-order valence-electron chi connectivity index (χ4n) is 2.53. The van der Waals surface area contributed by atoms with Crippen molar-refractivity contribution < 1.29 is 23.0 Å². The Labute approximate surface area is 153 Å². The molecule has 0 aliphatic heterocycles. The fraction of sp³-hybridized carbons (Fsp3) is 0.429. The number of hydrogen-bond acceptors (Lipinski definition) is 3. The molecule has 0 aromatic heterocycles. The Kier molecular flexibility index (Phi) is 7.25. The molecule has 0 fully saturated rings. The zero-order valence-corrected chi connectivity index (χ0v) is 15.7. The maximum absolute atomic E-state index is 12.7. The fourth-order valence-corrected chi connectivity index (χ4v) is 2.53. The predicted molar refractivity (Wildman–Crippen MR) is 98.4 cm³/mol. The zero-order chi connectivity index (χ0) is 19.1.